The number of nitrogens with zero attached hydrogens (tertiary/aromatic N) is 3. The Bertz CT molecular complexity index is 1170. The van der Waals surface area contributed by atoms with Crippen molar-refractivity contribution in [1.29, 1.82) is 0 Å². The lowest BCUT2D eigenvalue weighted by molar-refractivity contribution is 0.222. The van der Waals surface area contributed by atoms with Crippen LogP contribution in [0.5, 0.6) is 5.75 Å². The minimum Gasteiger partial charge on any atom is -0.495 e. The fraction of sp³-hybridized carbons (Fsp3) is 0.391. The normalized spacial score (nSPS) is 15.2. The van der Waals surface area contributed by atoms with Crippen molar-refractivity contribution in [2.75, 3.05) is 7.11 Å². The summed E-state index contributed by atoms with van der Waals surface area (Å²) < 4.78 is 39.8. The molecule has 1 aliphatic carbocycles. The smallest absolute Gasteiger partial charge is 0.247 e. The van der Waals surface area contributed by atoms with Crippen molar-refractivity contribution in [3.05, 3.63) is 58.9 Å². The van der Waals surface area contributed by atoms with Crippen molar-refractivity contribution in [3.63, 3.8) is 0 Å². The summed E-state index contributed by atoms with van der Waals surface area (Å²) in [6.07, 6.45) is 4.61. The number of halogens is 1. The predicted molar refractivity (Wildman–Crippen MR) is 122 cm³/mol. The average molecular weight is 476 g/mol. The van der Waals surface area contributed by atoms with E-state index >= 15 is 0 Å². The Morgan fingerprint density at radius 3 is 2.53 bits per heavy atom. The molecule has 9 heteroatoms. The van der Waals surface area contributed by atoms with Gasteiger partial charge in [0.1, 0.15) is 10.6 Å². The zero-order chi connectivity index (χ0) is 22.7. The second-order valence-corrected chi connectivity index (χ2v) is 10.3. The van der Waals surface area contributed by atoms with E-state index in [0.29, 0.717) is 10.8 Å². The number of benzene rings is 2. The molecule has 1 heterocycles. The van der Waals surface area contributed by atoms with Gasteiger partial charge in [-0.05, 0) is 38.0 Å². The molecule has 0 atom stereocenters. The Hall–Kier alpha value is -2.42. The first kappa shape index (κ1) is 22.8. The van der Waals surface area contributed by atoms with Gasteiger partial charge in [-0.2, -0.15) is 9.29 Å². The van der Waals surface area contributed by atoms with Crippen molar-refractivity contribution in [2.45, 2.75) is 56.5 Å². The number of rotatable bonds is 7. The van der Waals surface area contributed by atoms with Crippen molar-refractivity contribution >= 4 is 21.6 Å². The van der Waals surface area contributed by atoms with Crippen molar-refractivity contribution in [2.24, 2.45) is 0 Å². The molecule has 2 aromatic carbocycles. The van der Waals surface area contributed by atoms with E-state index in [1.807, 2.05) is 31.2 Å². The van der Waals surface area contributed by atoms with Crippen LogP contribution in [0.4, 0.5) is 0 Å². The number of ether oxygens (including phenoxy) is 1. The van der Waals surface area contributed by atoms with E-state index in [4.69, 9.17) is 20.9 Å². The molecule has 1 aromatic heterocycles. The summed E-state index contributed by atoms with van der Waals surface area (Å²) in [4.78, 5) is 4.51. The van der Waals surface area contributed by atoms with Crippen LogP contribution >= 0.6 is 11.6 Å². The molecular formula is C23H26ClN3O4S. The summed E-state index contributed by atoms with van der Waals surface area (Å²) in [6.45, 7) is 1.99. The Morgan fingerprint density at radius 2 is 1.84 bits per heavy atom. The van der Waals surface area contributed by atoms with Gasteiger partial charge in [-0.15, -0.1) is 0 Å². The van der Waals surface area contributed by atoms with Crippen LogP contribution in [0, 0.1) is 6.92 Å². The lowest BCUT2D eigenvalue weighted by atomic mass is 9.95. The van der Waals surface area contributed by atoms with Gasteiger partial charge < -0.3 is 9.26 Å². The third-order valence-electron chi connectivity index (χ3n) is 5.76. The monoisotopic (exact) mass is 475 g/mol. The Labute approximate surface area is 193 Å². The summed E-state index contributed by atoms with van der Waals surface area (Å²) in [5.41, 5.74) is 1.94. The number of hydrogen-bond acceptors (Lipinski definition) is 6. The van der Waals surface area contributed by atoms with Crippen LogP contribution in [0.25, 0.3) is 11.4 Å². The van der Waals surface area contributed by atoms with Gasteiger partial charge in [0, 0.05) is 16.6 Å². The van der Waals surface area contributed by atoms with Crippen LogP contribution in [-0.2, 0) is 16.6 Å². The number of aromatic nitrogens is 2. The summed E-state index contributed by atoms with van der Waals surface area (Å²) in [5, 5.41) is 4.39. The zero-order valence-electron chi connectivity index (χ0n) is 18.1. The summed E-state index contributed by atoms with van der Waals surface area (Å²) in [7, 11) is -2.49. The maximum Gasteiger partial charge on any atom is 0.247 e. The minimum absolute atomic E-state index is 0.0124. The molecule has 1 aliphatic rings. The first-order valence-corrected chi connectivity index (χ1v) is 12.5. The van der Waals surface area contributed by atoms with E-state index in [2.05, 4.69) is 10.1 Å². The summed E-state index contributed by atoms with van der Waals surface area (Å²) in [6, 6.07) is 12.2. The molecular weight excluding hydrogens is 450 g/mol. The molecule has 3 aromatic rings. The number of sulfonamides is 1. The van der Waals surface area contributed by atoms with Gasteiger partial charge in [0.2, 0.25) is 21.7 Å². The largest absolute Gasteiger partial charge is 0.495 e. The second kappa shape index (κ2) is 9.60. The van der Waals surface area contributed by atoms with E-state index in [1.54, 1.807) is 12.1 Å². The van der Waals surface area contributed by atoms with E-state index < -0.39 is 10.0 Å². The molecule has 170 valence electrons. The molecule has 0 saturated heterocycles. The van der Waals surface area contributed by atoms with Crippen LogP contribution in [-0.4, -0.2) is 36.0 Å². The van der Waals surface area contributed by atoms with Crippen molar-refractivity contribution in [1.82, 2.24) is 14.4 Å². The Balaban J connectivity index is 1.69. The summed E-state index contributed by atoms with van der Waals surface area (Å²) >= 11 is 6.13. The highest BCUT2D eigenvalue weighted by Gasteiger charge is 2.36. The molecule has 0 aliphatic heterocycles. The van der Waals surface area contributed by atoms with E-state index in [-0.39, 0.29) is 29.1 Å². The van der Waals surface area contributed by atoms with Gasteiger partial charge in [-0.1, -0.05) is 65.8 Å². The van der Waals surface area contributed by atoms with Crippen LogP contribution in [0.15, 0.2) is 51.9 Å². The molecule has 32 heavy (non-hydrogen) atoms. The van der Waals surface area contributed by atoms with Gasteiger partial charge in [0.15, 0.2) is 0 Å². The number of aryl methyl sites for hydroxylation is 1. The number of methoxy groups -OCH3 is 1. The summed E-state index contributed by atoms with van der Waals surface area (Å²) in [5.74, 6) is 0.929. The van der Waals surface area contributed by atoms with Gasteiger partial charge in [-0.25, -0.2) is 8.42 Å². The quantitative estimate of drug-likeness (QED) is 0.465. The lowest BCUT2D eigenvalue weighted by Gasteiger charge is -2.32. The first-order chi connectivity index (χ1) is 15.4. The third-order valence-corrected chi connectivity index (χ3v) is 7.92. The Morgan fingerprint density at radius 1 is 1.12 bits per heavy atom. The van der Waals surface area contributed by atoms with Crippen molar-refractivity contribution in [3.8, 4) is 17.1 Å². The van der Waals surface area contributed by atoms with E-state index in [1.165, 1.54) is 17.5 Å². The fourth-order valence-corrected chi connectivity index (χ4v) is 6.08. The molecule has 0 N–H and O–H groups in total. The minimum atomic E-state index is -3.93. The van der Waals surface area contributed by atoms with Crippen LogP contribution in [0.2, 0.25) is 5.02 Å². The highest BCUT2D eigenvalue weighted by molar-refractivity contribution is 7.89. The zero-order valence-corrected chi connectivity index (χ0v) is 19.7. The Kier molecular flexibility index (Phi) is 6.83. The maximum atomic E-state index is 13.8. The van der Waals surface area contributed by atoms with Crippen molar-refractivity contribution < 1.29 is 17.7 Å². The first-order valence-electron chi connectivity index (χ1n) is 10.6. The molecule has 0 radical (unpaired) electrons. The van der Waals surface area contributed by atoms with E-state index in [9.17, 15) is 8.42 Å². The lowest BCUT2D eigenvalue weighted by Crippen LogP contribution is -2.41. The molecule has 0 spiro atoms. The fourth-order valence-electron chi connectivity index (χ4n) is 4.03. The molecule has 0 bridgehead atoms. The van der Waals surface area contributed by atoms with Crippen LogP contribution < -0.4 is 4.74 Å². The second-order valence-electron chi connectivity index (χ2n) is 8.02. The molecule has 7 nitrogen and oxygen atoms in total. The van der Waals surface area contributed by atoms with E-state index in [0.717, 1.165) is 43.2 Å². The topological polar surface area (TPSA) is 85.5 Å². The molecule has 0 amide bonds. The SMILES string of the molecule is COc1ccc(Cl)cc1S(=O)(=O)N(Cc1nc(-c2ccc(C)cc2)no1)C1CCCCC1. The van der Waals surface area contributed by atoms with Gasteiger partial charge in [-0.3, -0.25) is 0 Å². The van der Waals surface area contributed by atoms with Crippen LogP contribution in [0.1, 0.15) is 43.6 Å². The standard InChI is InChI=1S/C23H26ClN3O4S/c1-16-8-10-17(11-9-16)23-25-22(31-26-23)15-27(19-6-4-3-5-7-19)32(28,29)21-14-18(24)12-13-20(21)30-2/h8-14,19H,3-7,15H2,1-2H3. The van der Waals surface area contributed by atoms with Gasteiger partial charge in [0.25, 0.3) is 0 Å². The average Bonchev–Trinajstić information content (AvgIpc) is 3.27. The van der Waals surface area contributed by atoms with Gasteiger partial charge >= 0.3 is 0 Å². The highest BCUT2D eigenvalue weighted by Crippen LogP contribution is 2.34. The maximum absolute atomic E-state index is 13.8. The molecule has 0 unspecified atom stereocenters. The number of hydrogen-bond donors (Lipinski definition) is 0. The third kappa shape index (κ3) is 4.82. The highest BCUT2D eigenvalue weighted by atomic mass is 35.5. The predicted octanol–water partition coefficient (Wildman–Crippen LogP) is 5.23. The molecule has 1 saturated carbocycles. The van der Waals surface area contributed by atoms with Crippen LogP contribution in [0.3, 0.4) is 0 Å². The molecule has 4 rings (SSSR count). The molecule has 1 fully saturated rings. The van der Waals surface area contributed by atoms with Gasteiger partial charge in [0.05, 0.1) is 13.7 Å².